The number of carbonyl (C=O) groups is 2. The molecule has 0 fully saturated rings. The van der Waals surface area contributed by atoms with Gasteiger partial charge in [-0.2, -0.15) is 0 Å². The number of nitrogens with one attached hydrogen (secondary N) is 1. The van der Waals surface area contributed by atoms with Crippen LogP contribution in [0.2, 0.25) is 0 Å². The van der Waals surface area contributed by atoms with Gasteiger partial charge in [-0.3, -0.25) is 9.59 Å². The van der Waals surface area contributed by atoms with Gasteiger partial charge in [-0.15, -0.1) is 11.3 Å². The molecule has 2 rings (SSSR count). The van der Waals surface area contributed by atoms with Crippen molar-refractivity contribution in [2.45, 2.75) is 18.9 Å². The molecule has 20 heavy (non-hydrogen) atoms. The molecule has 106 valence electrons. The Labute approximate surface area is 120 Å². The Morgan fingerprint density at radius 1 is 1.30 bits per heavy atom. The van der Waals surface area contributed by atoms with Crippen molar-refractivity contribution in [3.8, 4) is 0 Å². The number of hydrogen-bond donors (Lipinski definition) is 2. The molecule has 0 aromatic carbocycles. The van der Waals surface area contributed by atoms with Crippen molar-refractivity contribution >= 4 is 23.0 Å². The van der Waals surface area contributed by atoms with Gasteiger partial charge in [0, 0.05) is 12.8 Å². The fourth-order valence-corrected chi connectivity index (χ4v) is 2.44. The van der Waals surface area contributed by atoms with E-state index in [9.17, 15) is 14.7 Å². The molecule has 2 heterocycles. The Morgan fingerprint density at radius 3 is 2.75 bits per heavy atom. The number of thiophene rings is 1. The molecular weight excluding hydrogens is 278 g/mol. The number of aliphatic hydroxyl groups excluding tert-OH is 1. The van der Waals surface area contributed by atoms with Crippen LogP contribution in [0.3, 0.4) is 0 Å². The second-order valence-electron chi connectivity index (χ2n) is 4.22. The van der Waals surface area contributed by atoms with Gasteiger partial charge in [-0.25, -0.2) is 0 Å². The molecule has 2 N–H and O–H groups in total. The van der Waals surface area contributed by atoms with Crippen LogP contribution in [0.4, 0.5) is 0 Å². The normalized spacial score (nSPS) is 12.1. The number of ketones is 1. The average molecular weight is 293 g/mol. The van der Waals surface area contributed by atoms with Crippen LogP contribution >= 0.6 is 11.3 Å². The minimum Gasteiger partial charge on any atom is -0.467 e. The zero-order chi connectivity index (χ0) is 14.4. The molecule has 0 aliphatic heterocycles. The Morgan fingerprint density at radius 2 is 2.15 bits per heavy atom. The monoisotopic (exact) mass is 293 g/mol. The average Bonchev–Trinajstić information content (AvgIpc) is 3.14. The van der Waals surface area contributed by atoms with Gasteiger partial charge in [0.25, 0.3) is 0 Å². The van der Waals surface area contributed by atoms with E-state index in [2.05, 4.69) is 5.32 Å². The number of furan rings is 1. The Balaban J connectivity index is 1.82. The summed E-state index contributed by atoms with van der Waals surface area (Å²) in [5.41, 5.74) is 0. The molecule has 0 saturated heterocycles. The number of hydrogen-bond acceptors (Lipinski definition) is 5. The highest BCUT2D eigenvalue weighted by Crippen LogP contribution is 2.14. The van der Waals surface area contributed by atoms with Crippen LogP contribution in [0.15, 0.2) is 40.3 Å². The van der Waals surface area contributed by atoms with E-state index < -0.39 is 6.04 Å². The Kier molecular flexibility index (Phi) is 5.09. The van der Waals surface area contributed by atoms with E-state index in [1.165, 1.54) is 17.6 Å². The molecule has 0 radical (unpaired) electrons. The number of carbonyl (C=O) groups excluding carboxylic acids is 2. The smallest absolute Gasteiger partial charge is 0.221 e. The molecule has 5 nitrogen and oxygen atoms in total. The van der Waals surface area contributed by atoms with Gasteiger partial charge in [0.1, 0.15) is 11.8 Å². The van der Waals surface area contributed by atoms with Gasteiger partial charge in [-0.05, 0) is 23.6 Å². The lowest BCUT2D eigenvalue weighted by Crippen LogP contribution is -2.30. The highest BCUT2D eigenvalue weighted by atomic mass is 32.1. The first-order valence-corrected chi connectivity index (χ1v) is 7.09. The standard InChI is InChI=1S/C14H15NO4S/c16-9-10(12-3-1-7-19-12)15-14(18)6-5-11(17)13-4-2-8-20-13/h1-4,7-8,10,16H,5-6,9H2,(H,15,18). The maximum absolute atomic E-state index is 11.8. The highest BCUT2D eigenvalue weighted by Gasteiger charge is 2.17. The van der Waals surface area contributed by atoms with Crippen molar-refractivity contribution in [3.63, 3.8) is 0 Å². The Bertz CT molecular complexity index is 548. The summed E-state index contributed by atoms with van der Waals surface area (Å²) in [6.07, 6.45) is 1.72. The van der Waals surface area contributed by atoms with Crippen molar-refractivity contribution in [1.29, 1.82) is 0 Å². The minimum absolute atomic E-state index is 0.0475. The number of rotatable bonds is 7. The summed E-state index contributed by atoms with van der Waals surface area (Å²) in [7, 11) is 0. The first-order chi connectivity index (χ1) is 9.70. The van der Waals surface area contributed by atoms with Gasteiger partial charge in [0.05, 0.1) is 17.7 Å². The van der Waals surface area contributed by atoms with Crippen LogP contribution < -0.4 is 5.32 Å². The zero-order valence-electron chi connectivity index (χ0n) is 10.7. The molecule has 2 aromatic heterocycles. The minimum atomic E-state index is -0.575. The first kappa shape index (κ1) is 14.5. The molecule has 0 saturated carbocycles. The van der Waals surface area contributed by atoms with Crippen LogP contribution in [0, 0.1) is 0 Å². The molecule has 0 aliphatic rings. The summed E-state index contributed by atoms with van der Waals surface area (Å²) in [4.78, 5) is 24.2. The second kappa shape index (κ2) is 7.02. The summed E-state index contributed by atoms with van der Waals surface area (Å²) in [5, 5.41) is 13.7. The number of amides is 1. The van der Waals surface area contributed by atoms with E-state index >= 15 is 0 Å². The maximum Gasteiger partial charge on any atom is 0.221 e. The van der Waals surface area contributed by atoms with Crippen LogP contribution in [0.5, 0.6) is 0 Å². The number of Topliss-reactive ketones (excluding diaryl/α,β-unsaturated/α-hetero) is 1. The van der Waals surface area contributed by atoms with E-state index in [4.69, 9.17) is 4.42 Å². The van der Waals surface area contributed by atoms with E-state index in [-0.39, 0.29) is 31.1 Å². The first-order valence-electron chi connectivity index (χ1n) is 6.21. The van der Waals surface area contributed by atoms with Crippen LogP contribution in [-0.4, -0.2) is 23.4 Å². The molecule has 1 atom stereocenters. The molecule has 0 bridgehead atoms. The molecule has 0 aliphatic carbocycles. The summed E-state index contributed by atoms with van der Waals surface area (Å²) in [5.74, 6) is 0.157. The summed E-state index contributed by atoms with van der Waals surface area (Å²) < 4.78 is 5.13. The predicted octanol–water partition coefficient (Wildman–Crippen LogP) is 2.15. The predicted molar refractivity (Wildman–Crippen MR) is 74.6 cm³/mol. The van der Waals surface area contributed by atoms with Crippen molar-refractivity contribution in [1.82, 2.24) is 5.32 Å². The van der Waals surface area contributed by atoms with E-state index in [1.54, 1.807) is 24.3 Å². The largest absolute Gasteiger partial charge is 0.467 e. The van der Waals surface area contributed by atoms with Crippen molar-refractivity contribution in [2.24, 2.45) is 0 Å². The van der Waals surface area contributed by atoms with Gasteiger partial charge >= 0.3 is 0 Å². The summed E-state index contributed by atoms with van der Waals surface area (Å²) >= 11 is 1.36. The van der Waals surface area contributed by atoms with Gasteiger partial charge in [0.2, 0.25) is 5.91 Å². The van der Waals surface area contributed by atoms with E-state index in [0.29, 0.717) is 10.6 Å². The number of aliphatic hydroxyl groups is 1. The van der Waals surface area contributed by atoms with Crippen molar-refractivity contribution in [2.75, 3.05) is 6.61 Å². The lowest BCUT2D eigenvalue weighted by Gasteiger charge is -2.13. The van der Waals surface area contributed by atoms with Crippen LogP contribution in [0.25, 0.3) is 0 Å². The van der Waals surface area contributed by atoms with E-state index in [0.717, 1.165) is 0 Å². The Hall–Kier alpha value is -1.92. The molecule has 6 heteroatoms. The molecule has 0 spiro atoms. The summed E-state index contributed by atoms with van der Waals surface area (Å²) in [6, 6.07) is 6.33. The summed E-state index contributed by atoms with van der Waals surface area (Å²) in [6.45, 7) is -0.252. The van der Waals surface area contributed by atoms with Crippen LogP contribution in [0.1, 0.15) is 34.3 Å². The molecule has 1 amide bonds. The fraction of sp³-hybridized carbons (Fsp3) is 0.286. The third kappa shape index (κ3) is 3.79. The fourth-order valence-electron chi connectivity index (χ4n) is 1.75. The van der Waals surface area contributed by atoms with Gasteiger partial charge < -0.3 is 14.8 Å². The third-order valence-corrected chi connectivity index (χ3v) is 3.69. The molecule has 2 aromatic rings. The van der Waals surface area contributed by atoms with Crippen LogP contribution in [-0.2, 0) is 4.79 Å². The van der Waals surface area contributed by atoms with Crippen molar-refractivity contribution < 1.29 is 19.1 Å². The maximum atomic E-state index is 11.8. The third-order valence-electron chi connectivity index (χ3n) is 2.78. The zero-order valence-corrected chi connectivity index (χ0v) is 11.6. The highest BCUT2D eigenvalue weighted by molar-refractivity contribution is 7.12. The SMILES string of the molecule is O=C(CCC(=O)c1cccs1)NC(CO)c1ccco1. The van der Waals surface area contributed by atoms with E-state index in [1.807, 2.05) is 5.38 Å². The molecule has 1 unspecified atom stereocenters. The quantitative estimate of drug-likeness (QED) is 0.767. The second-order valence-corrected chi connectivity index (χ2v) is 5.17. The lowest BCUT2D eigenvalue weighted by atomic mass is 10.1. The van der Waals surface area contributed by atoms with Crippen molar-refractivity contribution in [3.05, 3.63) is 46.5 Å². The van der Waals surface area contributed by atoms with Gasteiger partial charge in [-0.1, -0.05) is 6.07 Å². The lowest BCUT2D eigenvalue weighted by molar-refractivity contribution is -0.122. The van der Waals surface area contributed by atoms with Gasteiger partial charge in [0.15, 0.2) is 5.78 Å². The molecular formula is C14H15NO4S. The topological polar surface area (TPSA) is 79.5 Å².